The lowest BCUT2D eigenvalue weighted by molar-refractivity contribution is 0.623. The fourth-order valence-electron chi connectivity index (χ4n) is 2.20. The van der Waals surface area contributed by atoms with Crippen molar-refractivity contribution < 1.29 is 4.39 Å². The van der Waals surface area contributed by atoms with E-state index in [1.165, 1.54) is 6.07 Å². The van der Waals surface area contributed by atoms with Crippen molar-refractivity contribution in [3.8, 4) is 0 Å². The van der Waals surface area contributed by atoms with Crippen molar-refractivity contribution in [2.75, 3.05) is 18.0 Å². The maximum atomic E-state index is 14.1. The summed E-state index contributed by atoms with van der Waals surface area (Å²) in [6.07, 6.45) is 5.69. The molecule has 1 aromatic carbocycles. The molecule has 0 amide bonds. The summed E-state index contributed by atoms with van der Waals surface area (Å²) in [5.74, 6) is 0.256. The molecule has 3 aromatic rings. The van der Waals surface area contributed by atoms with Crippen molar-refractivity contribution in [2.24, 2.45) is 5.73 Å². The van der Waals surface area contributed by atoms with Gasteiger partial charge in [0.15, 0.2) is 5.82 Å². The first kappa shape index (κ1) is 13.4. The normalized spacial score (nSPS) is 11.0. The molecule has 0 spiro atoms. The first-order valence-electron chi connectivity index (χ1n) is 6.67. The number of benzene rings is 1. The van der Waals surface area contributed by atoms with Crippen LogP contribution in [0.1, 0.15) is 6.42 Å². The average Bonchev–Trinajstić information content (AvgIpc) is 2.98. The second kappa shape index (κ2) is 5.84. The number of anilines is 2. The lowest BCUT2D eigenvalue weighted by Crippen LogP contribution is -2.23. The quantitative estimate of drug-likeness (QED) is 0.773. The maximum Gasteiger partial charge on any atom is 0.204 e. The first-order valence-corrected chi connectivity index (χ1v) is 6.67. The number of para-hydroxylation sites is 1. The zero-order valence-electron chi connectivity index (χ0n) is 11.4. The Balaban J connectivity index is 2.11. The van der Waals surface area contributed by atoms with Crippen LogP contribution < -0.4 is 10.6 Å². The Labute approximate surface area is 121 Å². The Hall–Kier alpha value is -2.54. The summed E-state index contributed by atoms with van der Waals surface area (Å²) in [5.41, 5.74) is 6.62. The smallest absolute Gasteiger partial charge is 0.204 e. The van der Waals surface area contributed by atoms with E-state index >= 15 is 0 Å². The molecule has 21 heavy (non-hydrogen) atoms. The molecular formula is C14H15FN6. The maximum absolute atomic E-state index is 14.1. The van der Waals surface area contributed by atoms with Crippen LogP contribution >= 0.6 is 0 Å². The fraction of sp³-hybridized carbons (Fsp3) is 0.214. The second-order valence-corrected chi connectivity index (χ2v) is 4.56. The number of hydrogen-bond donors (Lipinski definition) is 1. The molecule has 2 heterocycles. The van der Waals surface area contributed by atoms with Crippen LogP contribution in [0, 0.1) is 5.82 Å². The van der Waals surface area contributed by atoms with Gasteiger partial charge in [0.1, 0.15) is 12.1 Å². The van der Waals surface area contributed by atoms with Crippen molar-refractivity contribution in [3.05, 3.63) is 48.8 Å². The van der Waals surface area contributed by atoms with Gasteiger partial charge < -0.3 is 10.6 Å². The molecule has 2 N–H and O–H groups in total. The van der Waals surface area contributed by atoms with Crippen molar-refractivity contribution in [1.29, 1.82) is 0 Å². The predicted molar refractivity (Wildman–Crippen MR) is 77.9 cm³/mol. The number of fused-ring (bicyclic) bond motifs is 1. The fourth-order valence-corrected chi connectivity index (χ4v) is 2.20. The van der Waals surface area contributed by atoms with E-state index in [0.717, 1.165) is 0 Å². The molecule has 0 saturated heterocycles. The van der Waals surface area contributed by atoms with Gasteiger partial charge in [-0.2, -0.15) is 0 Å². The summed E-state index contributed by atoms with van der Waals surface area (Å²) in [7, 11) is 0. The van der Waals surface area contributed by atoms with Crippen molar-refractivity contribution in [1.82, 2.24) is 19.6 Å². The Kier molecular flexibility index (Phi) is 3.74. The van der Waals surface area contributed by atoms with Crippen LogP contribution in [0.3, 0.4) is 0 Å². The standard InChI is InChI=1S/C14H15FN6/c15-11-4-1-2-5-12(11)21(8-3-6-16)13-14-19-18-10-20(14)9-7-17-13/h1-2,4-5,7,9-10H,3,6,8,16H2. The summed E-state index contributed by atoms with van der Waals surface area (Å²) in [5, 5.41) is 7.93. The number of halogens is 1. The van der Waals surface area contributed by atoms with Gasteiger partial charge in [-0.15, -0.1) is 10.2 Å². The third-order valence-electron chi connectivity index (χ3n) is 3.18. The molecule has 0 atom stereocenters. The highest BCUT2D eigenvalue weighted by atomic mass is 19.1. The molecule has 7 heteroatoms. The van der Waals surface area contributed by atoms with Crippen LogP contribution in [0.5, 0.6) is 0 Å². The van der Waals surface area contributed by atoms with Gasteiger partial charge in [0.05, 0.1) is 5.69 Å². The van der Waals surface area contributed by atoms with E-state index in [0.29, 0.717) is 36.7 Å². The minimum absolute atomic E-state index is 0.308. The highest BCUT2D eigenvalue weighted by Crippen LogP contribution is 2.28. The molecule has 0 aliphatic carbocycles. The van der Waals surface area contributed by atoms with Crippen molar-refractivity contribution >= 4 is 17.2 Å². The van der Waals surface area contributed by atoms with Gasteiger partial charge in [0.2, 0.25) is 5.65 Å². The third kappa shape index (κ3) is 2.55. The summed E-state index contributed by atoms with van der Waals surface area (Å²) < 4.78 is 15.9. The average molecular weight is 286 g/mol. The number of rotatable bonds is 5. The molecule has 0 unspecified atom stereocenters. The molecule has 0 aliphatic rings. The van der Waals surface area contributed by atoms with E-state index in [9.17, 15) is 4.39 Å². The van der Waals surface area contributed by atoms with Crippen LogP contribution in [-0.4, -0.2) is 32.7 Å². The molecule has 0 bridgehead atoms. The van der Waals surface area contributed by atoms with Crippen LogP contribution in [0.4, 0.5) is 15.9 Å². The minimum atomic E-state index is -0.308. The van der Waals surface area contributed by atoms with Crippen LogP contribution in [-0.2, 0) is 0 Å². The molecule has 0 fully saturated rings. The zero-order valence-corrected chi connectivity index (χ0v) is 11.4. The highest BCUT2D eigenvalue weighted by molar-refractivity contribution is 5.72. The van der Waals surface area contributed by atoms with Crippen molar-refractivity contribution in [3.63, 3.8) is 0 Å². The Morgan fingerprint density at radius 2 is 2.14 bits per heavy atom. The lowest BCUT2D eigenvalue weighted by atomic mass is 10.2. The monoisotopic (exact) mass is 286 g/mol. The predicted octanol–water partition coefficient (Wildman–Crippen LogP) is 1.75. The van der Waals surface area contributed by atoms with E-state index in [1.54, 1.807) is 46.2 Å². The largest absolute Gasteiger partial charge is 0.330 e. The molecule has 3 rings (SSSR count). The number of nitrogens with zero attached hydrogens (tertiary/aromatic N) is 5. The molecule has 6 nitrogen and oxygen atoms in total. The van der Waals surface area contributed by atoms with Crippen LogP contribution in [0.2, 0.25) is 0 Å². The summed E-state index contributed by atoms with van der Waals surface area (Å²) in [6, 6.07) is 6.59. The molecule has 2 aromatic heterocycles. The molecule has 108 valence electrons. The highest BCUT2D eigenvalue weighted by Gasteiger charge is 2.18. The summed E-state index contributed by atoms with van der Waals surface area (Å²) in [6.45, 7) is 1.07. The number of hydrogen-bond acceptors (Lipinski definition) is 5. The summed E-state index contributed by atoms with van der Waals surface area (Å²) in [4.78, 5) is 6.13. The topological polar surface area (TPSA) is 72.3 Å². The van der Waals surface area contributed by atoms with E-state index in [4.69, 9.17) is 5.73 Å². The lowest BCUT2D eigenvalue weighted by Gasteiger charge is -2.24. The first-order chi connectivity index (χ1) is 10.3. The van der Waals surface area contributed by atoms with Gasteiger partial charge in [-0.05, 0) is 25.1 Å². The van der Waals surface area contributed by atoms with Gasteiger partial charge >= 0.3 is 0 Å². The summed E-state index contributed by atoms with van der Waals surface area (Å²) >= 11 is 0. The number of nitrogens with two attached hydrogens (primary N) is 1. The Morgan fingerprint density at radius 1 is 1.29 bits per heavy atom. The zero-order chi connectivity index (χ0) is 14.7. The molecule has 0 aliphatic heterocycles. The van der Waals surface area contributed by atoms with Gasteiger partial charge in [-0.1, -0.05) is 12.1 Å². The van der Waals surface area contributed by atoms with Crippen molar-refractivity contribution in [2.45, 2.75) is 6.42 Å². The Bertz CT molecular complexity index is 741. The second-order valence-electron chi connectivity index (χ2n) is 4.56. The molecule has 0 saturated carbocycles. The Morgan fingerprint density at radius 3 is 2.95 bits per heavy atom. The van der Waals surface area contributed by atoms with Gasteiger partial charge in [0, 0.05) is 18.9 Å². The minimum Gasteiger partial charge on any atom is -0.330 e. The van der Waals surface area contributed by atoms with Gasteiger partial charge in [0.25, 0.3) is 0 Å². The molecule has 0 radical (unpaired) electrons. The van der Waals surface area contributed by atoms with E-state index < -0.39 is 0 Å². The molecular weight excluding hydrogens is 271 g/mol. The van der Waals surface area contributed by atoms with Gasteiger partial charge in [-0.3, -0.25) is 4.40 Å². The SMILES string of the molecule is NCCCN(c1ccccc1F)c1nccn2cnnc12. The number of aromatic nitrogens is 4. The third-order valence-corrected chi connectivity index (χ3v) is 3.18. The van der Waals surface area contributed by atoms with Crippen LogP contribution in [0.25, 0.3) is 5.65 Å². The van der Waals surface area contributed by atoms with E-state index in [-0.39, 0.29) is 5.82 Å². The van der Waals surface area contributed by atoms with Crippen LogP contribution in [0.15, 0.2) is 43.0 Å². The van der Waals surface area contributed by atoms with E-state index in [2.05, 4.69) is 15.2 Å². The van der Waals surface area contributed by atoms with Gasteiger partial charge in [-0.25, -0.2) is 9.37 Å². The van der Waals surface area contributed by atoms with E-state index in [1.807, 2.05) is 0 Å².